The van der Waals surface area contributed by atoms with Crippen LogP contribution in [0.15, 0.2) is 39.7 Å². The van der Waals surface area contributed by atoms with Gasteiger partial charge in [0.25, 0.3) is 5.91 Å². The summed E-state index contributed by atoms with van der Waals surface area (Å²) in [5.74, 6) is 0.965. The van der Waals surface area contributed by atoms with Crippen molar-refractivity contribution in [1.82, 2.24) is 15.0 Å². The first-order valence-corrected chi connectivity index (χ1v) is 11.8. The van der Waals surface area contributed by atoms with Gasteiger partial charge in [-0.3, -0.25) is 9.78 Å². The Labute approximate surface area is 189 Å². The lowest BCUT2D eigenvalue weighted by Gasteiger charge is -2.25. The van der Waals surface area contributed by atoms with Gasteiger partial charge in [0.05, 0.1) is 22.1 Å². The molecule has 3 aromatic rings. The molecule has 3 aromatic heterocycles. The fraction of sp³-hybridized carbons (Fsp3) is 0.300. The maximum atomic E-state index is 13.1. The number of fused-ring (bicyclic) bond motifs is 1. The van der Waals surface area contributed by atoms with Crippen LogP contribution in [-0.2, 0) is 6.42 Å². The summed E-state index contributed by atoms with van der Waals surface area (Å²) in [6.07, 6.45) is 8.44. The van der Waals surface area contributed by atoms with Crippen LogP contribution in [0.1, 0.15) is 28.2 Å². The molecule has 2 aliphatic rings. The van der Waals surface area contributed by atoms with Crippen LogP contribution in [0.3, 0.4) is 0 Å². The Kier molecular flexibility index (Phi) is 5.13. The van der Waals surface area contributed by atoms with Crippen LogP contribution in [-0.4, -0.2) is 40.5 Å². The molecule has 1 fully saturated rings. The minimum absolute atomic E-state index is 0.0180. The van der Waals surface area contributed by atoms with E-state index < -0.39 is 0 Å². The predicted octanol–water partition coefficient (Wildman–Crippen LogP) is 4.93. The summed E-state index contributed by atoms with van der Waals surface area (Å²) in [6, 6.07) is 3.97. The molecule has 5 rings (SSSR count). The Bertz CT molecular complexity index is 1100. The van der Waals surface area contributed by atoms with Gasteiger partial charge < -0.3 is 9.80 Å². The second-order valence-corrected chi connectivity index (χ2v) is 9.86. The van der Waals surface area contributed by atoms with Crippen molar-refractivity contribution >= 4 is 60.6 Å². The third kappa shape index (κ3) is 3.60. The van der Waals surface area contributed by atoms with Crippen molar-refractivity contribution in [2.24, 2.45) is 0 Å². The van der Waals surface area contributed by atoms with Crippen LogP contribution in [0.2, 0.25) is 0 Å². The Balaban J connectivity index is 1.44. The minimum Gasteiger partial charge on any atom is -0.356 e. The first-order valence-electron chi connectivity index (χ1n) is 9.43. The van der Waals surface area contributed by atoms with E-state index in [0.717, 1.165) is 56.2 Å². The molecule has 0 atom stereocenters. The zero-order chi connectivity index (χ0) is 20.0. The molecular formula is C20H17Br2N5OS. The van der Waals surface area contributed by atoms with Crippen molar-refractivity contribution in [3.63, 3.8) is 0 Å². The maximum Gasteiger partial charge on any atom is 0.270 e. The molecule has 0 unspecified atom stereocenters. The molecule has 148 valence electrons. The number of hydrogen-bond donors (Lipinski definition) is 0. The van der Waals surface area contributed by atoms with E-state index in [9.17, 15) is 4.79 Å². The molecule has 0 bridgehead atoms. The lowest BCUT2D eigenvalue weighted by molar-refractivity contribution is 0.0984. The fourth-order valence-corrected chi connectivity index (χ4v) is 5.75. The molecule has 0 aliphatic carbocycles. The number of amides is 1. The highest BCUT2D eigenvalue weighted by atomic mass is 79.9. The first kappa shape index (κ1) is 19.1. The van der Waals surface area contributed by atoms with Crippen LogP contribution in [0, 0.1) is 0 Å². The minimum atomic E-state index is -0.0180. The number of thiazole rings is 1. The van der Waals surface area contributed by atoms with E-state index in [2.05, 4.69) is 52.8 Å². The number of hydrogen-bond acceptors (Lipinski definition) is 6. The number of carbonyl (C=O) groups is 1. The summed E-state index contributed by atoms with van der Waals surface area (Å²) in [6.45, 7) is 2.69. The van der Waals surface area contributed by atoms with Gasteiger partial charge in [0.15, 0.2) is 0 Å². The van der Waals surface area contributed by atoms with E-state index in [1.165, 1.54) is 24.2 Å². The van der Waals surface area contributed by atoms with Crippen molar-refractivity contribution in [3.05, 3.63) is 50.2 Å². The number of aromatic nitrogens is 3. The predicted molar refractivity (Wildman–Crippen MR) is 122 cm³/mol. The van der Waals surface area contributed by atoms with Crippen molar-refractivity contribution in [2.45, 2.75) is 19.3 Å². The Morgan fingerprint density at radius 1 is 1.03 bits per heavy atom. The van der Waals surface area contributed by atoms with Crippen LogP contribution >= 0.6 is 43.2 Å². The third-order valence-electron chi connectivity index (χ3n) is 5.19. The molecule has 0 spiro atoms. The molecule has 1 saturated heterocycles. The number of anilines is 2. The van der Waals surface area contributed by atoms with Gasteiger partial charge in [-0.15, -0.1) is 11.3 Å². The number of halogens is 2. The first-order chi connectivity index (χ1) is 14.1. The molecule has 1 amide bonds. The zero-order valence-electron chi connectivity index (χ0n) is 15.4. The van der Waals surface area contributed by atoms with Crippen molar-refractivity contribution in [3.8, 4) is 10.6 Å². The van der Waals surface area contributed by atoms with Crippen molar-refractivity contribution < 1.29 is 4.79 Å². The van der Waals surface area contributed by atoms with Gasteiger partial charge in [-0.2, -0.15) is 0 Å². The molecule has 6 nitrogen and oxygen atoms in total. The van der Waals surface area contributed by atoms with Gasteiger partial charge in [-0.1, -0.05) is 0 Å². The molecule has 5 heterocycles. The quantitative estimate of drug-likeness (QED) is 0.477. The van der Waals surface area contributed by atoms with Crippen molar-refractivity contribution in [2.75, 3.05) is 29.4 Å². The average Bonchev–Trinajstić information content (AvgIpc) is 3.38. The van der Waals surface area contributed by atoms with Crippen molar-refractivity contribution in [1.29, 1.82) is 0 Å². The number of nitrogens with zero attached hydrogens (tertiary/aromatic N) is 5. The largest absolute Gasteiger partial charge is 0.356 e. The van der Waals surface area contributed by atoms with E-state index in [0.29, 0.717) is 11.4 Å². The molecule has 0 N–H and O–H groups in total. The molecule has 0 radical (unpaired) electrons. The van der Waals surface area contributed by atoms with Gasteiger partial charge in [0, 0.05) is 48.5 Å². The second-order valence-electron chi connectivity index (χ2n) is 7.09. The summed E-state index contributed by atoms with van der Waals surface area (Å²) >= 11 is 8.54. The second kappa shape index (κ2) is 7.77. The lowest BCUT2D eigenvalue weighted by atomic mass is 10.1. The smallest absolute Gasteiger partial charge is 0.270 e. The zero-order valence-corrected chi connectivity index (χ0v) is 19.4. The van der Waals surface area contributed by atoms with E-state index in [-0.39, 0.29) is 5.91 Å². The standard InChI is InChI=1S/C20H17Br2N5OS/c21-13-8-14(11-23-10-13)27-6-3-16-17(20(27)28)29-19(25-16)12-7-15(22)18(24-9-12)26-4-1-2-5-26/h7-11H,1-6H2. The third-order valence-corrected chi connectivity index (χ3v) is 7.34. The molecular weight excluding hydrogens is 518 g/mol. The Hall–Kier alpha value is -1.84. The highest BCUT2D eigenvalue weighted by molar-refractivity contribution is 9.10. The molecule has 0 aromatic carbocycles. The molecule has 0 saturated carbocycles. The summed E-state index contributed by atoms with van der Waals surface area (Å²) in [7, 11) is 0. The number of pyridine rings is 2. The fourth-order valence-electron chi connectivity index (χ4n) is 3.76. The van der Waals surface area contributed by atoms with E-state index >= 15 is 0 Å². The van der Waals surface area contributed by atoms with E-state index in [1.807, 2.05) is 12.3 Å². The van der Waals surface area contributed by atoms with Gasteiger partial charge in [0.1, 0.15) is 15.7 Å². The highest BCUT2D eigenvalue weighted by Gasteiger charge is 2.30. The van der Waals surface area contributed by atoms with Gasteiger partial charge in [-0.05, 0) is 56.8 Å². The summed E-state index contributed by atoms with van der Waals surface area (Å²) in [5, 5.41) is 0.832. The summed E-state index contributed by atoms with van der Waals surface area (Å²) < 4.78 is 1.82. The summed E-state index contributed by atoms with van der Waals surface area (Å²) in [4.78, 5) is 31.5. The summed E-state index contributed by atoms with van der Waals surface area (Å²) in [5.41, 5.74) is 2.60. The lowest BCUT2D eigenvalue weighted by Crippen LogP contribution is -2.37. The van der Waals surface area contributed by atoms with Gasteiger partial charge >= 0.3 is 0 Å². The van der Waals surface area contributed by atoms with E-state index in [4.69, 9.17) is 4.98 Å². The molecule has 29 heavy (non-hydrogen) atoms. The normalized spacial score (nSPS) is 16.4. The highest BCUT2D eigenvalue weighted by Crippen LogP contribution is 2.36. The Morgan fingerprint density at radius 2 is 1.86 bits per heavy atom. The number of carbonyl (C=O) groups excluding carboxylic acids is 1. The molecule has 2 aliphatic heterocycles. The van der Waals surface area contributed by atoms with Crippen LogP contribution in [0.5, 0.6) is 0 Å². The maximum absolute atomic E-state index is 13.1. The SMILES string of the molecule is O=C1c2sc(-c3cnc(N4CCCC4)c(Br)c3)nc2CCN1c1cncc(Br)c1. The Morgan fingerprint density at radius 3 is 2.62 bits per heavy atom. The van der Waals surface area contributed by atoms with Crippen LogP contribution in [0.25, 0.3) is 10.6 Å². The average molecular weight is 535 g/mol. The van der Waals surface area contributed by atoms with Crippen LogP contribution in [0.4, 0.5) is 11.5 Å². The number of rotatable bonds is 3. The molecule has 9 heteroatoms. The van der Waals surface area contributed by atoms with E-state index in [1.54, 1.807) is 17.3 Å². The van der Waals surface area contributed by atoms with Crippen LogP contribution < -0.4 is 9.80 Å². The monoisotopic (exact) mass is 533 g/mol. The van der Waals surface area contributed by atoms with Gasteiger partial charge in [-0.25, -0.2) is 9.97 Å². The van der Waals surface area contributed by atoms with Gasteiger partial charge in [0.2, 0.25) is 0 Å². The topological polar surface area (TPSA) is 62.2 Å².